The van der Waals surface area contributed by atoms with Gasteiger partial charge in [0, 0.05) is 0 Å². The third-order valence-electron chi connectivity index (χ3n) is 2.94. The maximum atomic E-state index is 11.0. The molecule has 3 nitrogen and oxygen atoms in total. The predicted molar refractivity (Wildman–Crippen MR) is 42.3 cm³/mol. The Morgan fingerprint density at radius 3 is 2.55 bits per heavy atom. The molecule has 0 amide bonds. The standard InChI is InChI=1S/C7H13NO2S/c8-11(9,10)7-3-1-2-5-4-6(5)7/h5-7H,1-4H2,(H2,8,9,10). The van der Waals surface area contributed by atoms with Crippen molar-refractivity contribution in [3.05, 3.63) is 0 Å². The molecule has 0 spiro atoms. The number of hydrogen-bond acceptors (Lipinski definition) is 2. The summed E-state index contributed by atoms with van der Waals surface area (Å²) in [4.78, 5) is 0. The van der Waals surface area contributed by atoms with E-state index >= 15 is 0 Å². The van der Waals surface area contributed by atoms with E-state index in [-0.39, 0.29) is 5.25 Å². The van der Waals surface area contributed by atoms with E-state index in [4.69, 9.17) is 5.14 Å². The molecule has 2 fully saturated rings. The van der Waals surface area contributed by atoms with Gasteiger partial charge in [0.15, 0.2) is 0 Å². The molecule has 3 unspecified atom stereocenters. The lowest BCUT2D eigenvalue weighted by Crippen LogP contribution is -2.32. The van der Waals surface area contributed by atoms with E-state index in [0.717, 1.165) is 19.3 Å². The number of nitrogens with two attached hydrogens (primary N) is 1. The highest BCUT2D eigenvalue weighted by atomic mass is 32.2. The third kappa shape index (κ3) is 1.29. The van der Waals surface area contributed by atoms with Gasteiger partial charge in [0.25, 0.3) is 0 Å². The maximum Gasteiger partial charge on any atom is 0.212 e. The minimum Gasteiger partial charge on any atom is -0.228 e. The molecule has 0 saturated heterocycles. The molecule has 2 N–H and O–H groups in total. The SMILES string of the molecule is NS(=O)(=O)C1CCCC2CC21. The van der Waals surface area contributed by atoms with E-state index in [1.807, 2.05) is 0 Å². The van der Waals surface area contributed by atoms with Crippen LogP contribution < -0.4 is 5.14 Å². The zero-order chi connectivity index (χ0) is 8.06. The van der Waals surface area contributed by atoms with Crippen LogP contribution in [0, 0.1) is 11.8 Å². The van der Waals surface area contributed by atoms with E-state index < -0.39 is 10.0 Å². The summed E-state index contributed by atoms with van der Waals surface area (Å²) in [6.45, 7) is 0. The van der Waals surface area contributed by atoms with Crippen molar-refractivity contribution in [1.29, 1.82) is 0 Å². The van der Waals surface area contributed by atoms with Crippen LogP contribution >= 0.6 is 0 Å². The largest absolute Gasteiger partial charge is 0.228 e. The van der Waals surface area contributed by atoms with Crippen LogP contribution in [0.15, 0.2) is 0 Å². The summed E-state index contributed by atoms with van der Waals surface area (Å²) in [5.41, 5.74) is 0. The van der Waals surface area contributed by atoms with Crippen LogP contribution in [0.3, 0.4) is 0 Å². The predicted octanol–water partition coefficient (Wildman–Crippen LogP) is 0.464. The van der Waals surface area contributed by atoms with Crippen molar-refractivity contribution in [3.63, 3.8) is 0 Å². The van der Waals surface area contributed by atoms with Crippen LogP contribution in [0.2, 0.25) is 0 Å². The van der Waals surface area contributed by atoms with Gasteiger partial charge in [-0.15, -0.1) is 0 Å². The van der Waals surface area contributed by atoms with Crippen LogP contribution in [0.25, 0.3) is 0 Å². The van der Waals surface area contributed by atoms with Gasteiger partial charge in [0.05, 0.1) is 5.25 Å². The molecule has 0 aromatic rings. The van der Waals surface area contributed by atoms with Crippen LogP contribution in [-0.2, 0) is 10.0 Å². The lowest BCUT2D eigenvalue weighted by Gasteiger charge is -2.18. The molecule has 2 aliphatic carbocycles. The fourth-order valence-electron chi connectivity index (χ4n) is 2.26. The molecule has 0 bridgehead atoms. The molecule has 3 atom stereocenters. The summed E-state index contributed by atoms with van der Waals surface area (Å²) in [6.07, 6.45) is 4.15. The van der Waals surface area contributed by atoms with Gasteiger partial charge in [-0.1, -0.05) is 12.8 Å². The lowest BCUT2D eigenvalue weighted by molar-refractivity contribution is 0.465. The Morgan fingerprint density at radius 1 is 1.27 bits per heavy atom. The number of hydrogen-bond donors (Lipinski definition) is 1. The van der Waals surface area contributed by atoms with Crippen molar-refractivity contribution >= 4 is 10.0 Å². The second kappa shape index (κ2) is 2.20. The van der Waals surface area contributed by atoms with Crippen molar-refractivity contribution < 1.29 is 8.42 Å². The number of primary sulfonamides is 1. The highest BCUT2D eigenvalue weighted by Gasteiger charge is 2.49. The summed E-state index contributed by atoms with van der Waals surface area (Å²) in [7, 11) is -3.23. The monoisotopic (exact) mass is 175 g/mol. The summed E-state index contributed by atoms with van der Waals surface area (Å²) in [5, 5.41) is 4.89. The Labute approximate surface area is 67.0 Å². The van der Waals surface area contributed by atoms with Crippen LogP contribution in [0.1, 0.15) is 25.7 Å². The molecule has 2 rings (SSSR count). The Morgan fingerprint density at radius 2 is 2.00 bits per heavy atom. The molecular formula is C7H13NO2S. The highest BCUT2D eigenvalue weighted by molar-refractivity contribution is 7.89. The van der Waals surface area contributed by atoms with Crippen LogP contribution in [-0.4, -0.2) is 13.7 Å². The molecule has 4 heteroatoms. The fourth-order valence-corrected chi connectivity index (χ4v) is 3.58. The molecule has 11 heavy (non-hydrogen) atoms. The van der Waals surface area contributed by atoms with E-state index in [0.29, 0.717) is 11.8 Å². The average molecular weight is 175 g/mol. The normalized spacial score (nSPS) is 43.2. The van der Waals surface area contributed by atoms with Crippen molar-refractivity contribution in [1.82, 2.24) is 0 Å². The van der Waals surface area contributed by atoms with Crippen LogP contribution in [0.5, 0.6) is 0 Å². The van der Waals surface area contributed by atoms with Gasteiger partial charge < -0.3 is 0 Å². The Bertz CT molecular complexity index is 260. The molecule has 0 aromatic carbocycles. The van der Waals surface area contributed by atoms with Gasteiger partial charge in [0.1, 0.15) is 0 Å². The topological polar surface area (TPSA) is 60.2 Å². The molecular weight excluding hydrogens is 162 g/mol. The molecule has 0 radical (unpaired) electrons. The summed E-state index contributed by atoms with van der Waals surface area (Å²) in [6, 6.07) is 0. The molecule has 0 aromatic heterocycles. The zero-order valence-electron chi connectivity index (χ0n) is 6.36. The van der Waals surface area contributed by atoms with E-state index in [2.05, 4.69) is 0 Å². The zero-order valence-corrected chi connectivity index (χ0v) is 7.18. The molecule has 2 saturated carbocycles. The second-order valence-corrected chi connectivity index (χ2v) is 5.50. The molecule has 0 aliphatic heterocycles. The van der Waals surface area contributed by atoms with Gasteiger partial charge in [-0.3, -0.25) is 0 Å². The van der Waals surface area contributed by atoms with E-state index in [9.17, 15) is 8.42 Å². The fraction of sp³-hybridized carbons (Fsp3) is 1.00. The minimum absolute atomic E-state index is 0.207. The quantitative estimate of drug-likeness (QED) is 0.629. The molecule has 2 aliphatic rings. The number of sulfonamides is 1. The van der Waals surface area contributed by atoms with Gasteiger partial charge in [-0.25, -0.2) is 13.6 Å². The van der Waals surface area contributed by atoms with Crippen molar-refractivity contribution in [2.75, 3.05) is 0 Å². The lowest BCUT2D eigenvalue weighted by atomic mass is 10.0. The Kier molecular flexibility index (Phi) is 1.51. The van der Waals surface area contributed by atoms with Gasteiger partial charge >= 0.3 is 0 Å². The Balaban J connectivity index is 2.15. The van der Waals surface area contributed by atoms with Gasteiger partial charge in [-0.05, 0) is 24.7 Å². The first-order chi connectivity index (χ1) is 5.09. The first kappa shape index (κ1) is 7.55. The number of fused-ring (bicyclic) bond motifs is 1. The molecule has 0 heterocycles. The van der Waals surface area contributed by atoms with E-state index in [1.165, 1.54) is 6.42 Å². The Hall–Kier alpha value is -0.0900. The summed E-state index contributed by atoms with van der Waals surface area (Å²) in [5.74, 6) is 1.10. The van der Waals surface area contributed by atoms with Crippen LogP contribution in [0.4, 0.5) is 0 Å². The average Bonchev–Trinajstić information content (AvgIpc) is 2.60. The summed E-state index contributed by atoms with van der Waals surface area (Å²) < 4.78 is 22.0. The van der Waals surface area contributed by atoms with Crippen molar-refractivity contribution in [2.24, 2.45) is 17.0 Å². The first-order valence-corrected chi connectivity index (χ1v) is 5.71. The molecule has 64 valence electrons. The third-order valence-corrected chi connectivity index (χ3v) is 4.37. The second-order valence-electron chi connectivity index (χ2n) is 3.72. The van der Waals surface area contributed by atoms with E-state index in [1.54, 1.807) is 0 Å². The van der Waals surface area contributed by atoms with Crippen molar-refractivity contribution in [3.8, 4) is 0 Å². The van der Waals surface area contributed by atoms with Gasteiger partial charge in [-0.2, -0.15) is 0 Å². The van der Waals surface area contributed by atoms with Crippen molar-refractivity contribution in [2.45, 2.75) is 30.9 Å². The van der Waals surface area contributed by atoms with Gasteiger partial charge in [0.2, 0.25) is 10.0 Å². The first-order valence-electron chi connectivity index (χ1n) is 4.10. The maximum absolute atomic E-state index is 11.0. The minimum atomic E-state index is -3.23. The highest BCUT2D eigenvalue weighted by Crippen LogP contribution is 2.51. The smallest absolute Gasteiger partial charge is 0.212 e. The summed E-state index contributed by atoms with van der Waals surface area (Å²) >= 11 is 0. The number of rotatable bonds is 1.